The zero-order valence-electron chi connectivity index (χ0n) is 17.9. The molecule has 7 nitrogen and oxygen atoms in total. The van der Waals surface area contributed by atoms with Gasteiger partial charge >= 0.3 is 6.03 Å². The van der Waals surface area contributed by atoms with E-state index in [4.69, 9.17) is 14.4 Å². The van der Waals surface area contributed by atoms with Gasteiger partial charge in [0.25, 0.3) is 0 Å². The molecule has 3 N–H and O–H groups in total. The number of hydrogen-bond acceptors (Lipinski definition) is 5. The number of hydrogen-bond donors (Lipinski definition) is 3. The van der Waals surface area contributed by atoms with Crippen LogP contribution in [0.3, 0.4) is 0 Å². The fraction of sp³-hybridized carbons (Fsp3) is 0.304. The van der Waals surface area contributed by atoms with Gasteiger partial charge in [-0.25, -0.2) is 4.79 Å². The Kier molecular flexibility index (Phi) is 6.42. The Morgan fingerprint density at radius 1 is 1.07 bits per heavy atom. The Hall–Kier alpha value is -3.32. The number of aromatic nitrogens is 1. The van der Waals surface area contributed by atoms with Crippen molar-refractivity contribution in [1.82, 2.24) is 10.5 Å². The topological polar surface area (TPSA) is 96.6 Å². The summed E-state index contributed by atoms with van der Waals surface area (Å²) in [6.07, 6.45) is 0. The fourth-order valence-electron chi connectivity index (χ4n) is 3.49. The first-order chi connectivity index (χ1) is 14.3. The maximum absolute atomic E-state index is 11.8. The van der Waals surface area contributed by atoms with E-state index in [-0.39, 0.29) is 19.2 Å². The second-order valence-electron chi connectivity index (χ2n) is 7.38. The summed E-state index contributed by atoms with van der Waals surface area (Å²) in [5.41, 5.74) is 6.33. The lowest BCUT2D eigenvalue weighted by Crippen LogP contribution is -2.31. The van der Waals surface area contributed by atoms with Gasteiger partial charge < -0.3 is 25.0 Å². The highest BCUT2D eigenvalue weighted by Gasteiger charge is 2.15. The smallest absolute Gasteiger partial charge is 0.319 e. The lowest BCUT2D eigenvalue weighted by molar-refractivity contribution is 0.245. The van der Waals surface area contributed by atoms with Crippen molar-refractivity contribution in [3.05, 3.63) is 58.5 Å². The molecule has 0 radical (unpaired) electrons. The molecule has 3 aromatic rings. The first-order valence-corrected chi connectivity index (χ1v) is 9.78. The van der Waals surface area contributed by atoms with Gasteiger partial charge in [-0.1, -0.05) is 11.2 Å². The van der Waals surface area contributed by atoms with E-state index < -0.39 is 0 Å². The van der Waals surface area contributed by atoms with Gasteiger partial charge in [0.05, 0.1) is 12.3 Å². The number of aliphatic hydroxyl groups is 1. The molecular formula is C23H27N3O4. The third-order valence-corrected chi connectivity index (χ3v) is 4.71. The first kappa shape index (κ1) is 21.4. The van der Waals surface area contributed by atoms with Crippen LogP contribution in [-0.4, -0.2) is 29.4 Å². The lowest BCUT2D eigenvalue weighted by atomic mass is 10.0. The molecule has 0 atom stereocenters. The SMILES string of the molecule is Cc1cc(Oc2c(C)cc(NC(=O)NCCO)cc2C)cc(-c2c(C)noc2C)c1. The van der Waals surface area contributed by atoms with Gasteiger partial charge in [-0.15, -0.1) is 0 Å². The summed E-state index contributed by atoms with van der Waals surface area (Å²) in [6.45, 7) is 9.80. The molecule has 3 rings (SSSR count). The predicted molar refractivity (Wildman–Crippen MR) is 116 cm³/mol. The van der Waals surface area contributed by atoms with Crippen LogP contribution in [0.25, 0.3) is 11.1 Å². The predicted octanol–water partition coefficient (Wildman–Crippen LogP) is 4.79. The number of carbonyl (C=O) groups excluding carboxylic acids is 1. The Labute approximate surface area is 176 Å². The van der Waals surface area contributed by atoms with E-state index >= 15 is 0 Å². The number of carbonyl (C=O) groups is 1. The van der Waals surface area contributed by atoms with Crippen molar-refractivity contribution in [2.75, 3.05) is 18.5 Å². The molecule has 0 aliphatic heterocycles. The number of aliphatic hydroxyl groups excluding tert-OH is 1. The number of ether oxygens (including phenoxy) is 1. The highest BCUT2D eigenvalue weighted by atomic mass is 16.5. The second kappa shape index (κ2) is 9.00. The zero-order valence-corrected chi connectivity index (χ0v) is 17.9. The van der Waals surface area contributed by atoms with E-state index in [0.29, 0.717) is 5.69 Å². The van der Waals surface area contributed by atoms with Crippen molar-refractivity contribution >= 4 is 11.7 Å². The second-order valence-corrected chi connectivity index (χ2v) is 7.38. The summed E-state index contributed by atoms with van der Waals surface area (Å²) in [6, 6.07) is 9.39. The third kappa shape index (κ3) is 4.80. The van der Waals surface area contributed by atoms with E-state index in [1.54, 1.807) is 0 Å². The molecule has 0 spiro atoms. The average molecular weight is 409 g/mol. The van der Waals surface area contributed by atoms with Crippen LogP contribution in [-0.2, 0) is 0 Å². The molecule has 0 fully saturated rings. The molecule has 0 aliphatic rings. The molecule has 2 aromatic carbocycles. The molecule has 0 saturated carbocycles. The van der Waals surface area contributed by atoms with Gasteiger partial charge in [-0.3, -0.25) is 0 Å². The molecule has 0 saturated heterocycles. The Morgan fingerprint density at radius 2 is 1.77 bits per heavy atom. The van der Waals surface area contributed by atoms with Crippen molar-refractivity contribution < 1.29 is 19.2 Å². The summed E-state index contributed by atoms with van der Waals surface area (Å²) in [5, 5.41) is 18.2. The summed E-state index contributed by atoms with van der Waals surface area (Å²) >= 11 is 0. The lowest BCUT2D eigenvalue weighted by Gasteiger charge is -2.16. The molecule has 158 valence electrons. The number of aryl methyl sites for hydroxylation is 5. The normalized spacial score (nSPS) is 10.7. The maximum atomic E-state index is 11.8. The molecule has 2 amide bonds. The number of amides is 2. The highest BCUT2D eigenvalue weighted by molar-refractivity contribution is 5.89. The minimum Gasteiger partial charge on any atom is -0.457 e. The van der Waals surface area contributed by atoms with Gasteiger partial charge in [-0.05, 0) is 81.1 Å². The monoisotopic (exact) mass is 409 g/mol. The largest absolute Gasteiger partial charge is 0.457 e. The van der Waals surface area contributed by atoms with E-state index in [1.807, 2.05) is 58.9 Å². The maximum Gasteiger partial charge on any atom is 0.319 e. The van der Waals surface area contributed by atoms with Crippen LogP contribution in [0.1, 0.15) is 28.1 Å². The van der Waals surface area contributed by atoms with Crippen LogP contribution in [0.5, 0.6) is 11.5 Å². The van der Waals surface area contributed by atoms with Crippen LogP contribution in [0, 0.1) is 34.6 Å². The summed E-state index contributed by atoms with van der Waals surface area (Å²) < 4.78 is 11.6. The summed E-state index contributed by atoms with van der Waals surface area (Å²) in [7, 11) is 0. The van der Waals surface area contributed by atoms with Crippen LogP contribution in [0.2, 0.25) is 0 Å². The summed E-state index contributed by atoms with van der Waals surface area (Å²) in [4.78, 5) is 11.8. The number of nitrogens with zero attached hydrogens (tertiary/aromatic N) is 1. The van der Waals surface area contributed by atoms with Crippen molar-refractivity contribution in [3.8, 4) is 22.6 Å². The average Bonchev–Trinajstić information content (AvgIpc) is 3.01. The van der Waals surface area contributed by atoms with Crippen molar-refractivity contribution in [1.29, 1.82) is 0 Å². The molecule has 0 bridgehead atoms. The van der Waals surface area contributed by atoms with Crippen molar-refractivity contribution in [3.63, 3.8) is 0 Å². The molecule has 1 heterocycles. The van der Waals surface area contributed by atoms with Gasteiger partial charge in [0.2, 0.25) is 0 Å². The molecule has 7 heteroatoms. The highest BCUT2D eigenvalue weighted by Crippen LogP contribution is 2.35. The quantitative estimate of drug-likeness (QED) is 0.544. The van der Waals surface area contributed by atoms with Crippen LogP contribution >= 0.6 is 0 Å². The Balaban J connectivity index is 1.87. The summed E-state index contributed by atoms with van der Waals surface area (Å²) in [5.74, 6) is 2.23. The molecule has 0 aliphatic carbocycles. The number of benzene rings is 2. The standard InChI is InChI=1S/C23H27N3O4/c1-13-8-18(21-16(4)26-30-17(21)5)12-20(9-13)29-22-14(2)10-19(11-15(22)3)25-23(28)24-6-7-27/h8-12,27H,6-7H2,1-5H3,(H2,24,25,28). The van der Waals surface area contributed by atoms with E-state index in [1.165, 1.54) is 0 Å². The number of nitrogens with one attached hydrogen (secondary N) is 2. The molecular weight excluding hydrogens is 382 g/mol. The van der Waals surface area contributed by atoms with E-state index in [9.17, 15) is 4.79 Å². The third-order valence-electron chi connectivity index (χ3n) is 4.71. The minimum atomic E-state index is -0.362. The fourth-order valence-corrected chi connectivity index (χ4v) is 3.49. The van der Waals surface area contributed by atoms with Gasteiger partial charge in [0.15, 0.2) is 0 Å². The van der Waals surface area contributed by atoms with Crippen molar-refractivity contribution in [2.45, 2.75) is 34.6 Å². The number of anilines is 1. The van der Waals surface area contributed by atoms with E-state index in [2.05, 4.69) is 21.9 Å². The van der Waals surface area contributed by atoms with Crippen LogP contribution < -0.4 is 15.4 Å². The zero-order chi connectivity index (χ0) is 21.8. The molecule has 30 heavy (non-hydrogen) atoms. The Bertz CT molecular complexity index is 1030. The van der Waals surface area contributed by atoms with Gasteiger partial charge in [0, 0.05) is 17.8 Å². The van der Waals surface area contributed by atoms with Crippen molar-refractivity contribution in [2.24, 2.45) is 0 Å². The Morgan fingerprint density at radius 3 is 2.37 bits per heavy atom. The number of rotatable bonds is 6. The van der Waals surface area contributed by atoms with Crippen LogP contribution in [0.4, 0.5) is 10.5 Å². The molecule has 0 unspecified atom stereocenters. The van der Waals surface area contributed by atoms with Gasteiger partial charge in [-0.2, -0.15) is 0 Å². The van der Waals surface area contributed by atoms with E-state index in [0.717, 1.165) is 50.8 Å². The minimum absolute atomic E-state index is 0.106. The first-order valence-electron chi connectivity index (χ1n) is 9.78. The molecule has 1 aromatic heterocycles. The van der Waals surface area contributed by atoms with Gasteiger partial charge in [0.1, 0.15) is 17.3 Å². The number of urea groups is 1. The van der Waals surface area contributed by atoms with Crippen LogP contribution in [0.15, 0.2) is 34.9 Å².